The van der Waals surface area contributed by atoms with E-state index in [0.717, 1.165) is 16.7 Å². The van der Waals surface area contributed by atoms with Crippen molar-refractivity contribution in [2.75, 3.05) is 11.9 Å². The van der Waals surface area contributed by atoms with Gasteiger partial charge in [0, 0.05) is 13.0 Å². The second-order valence-electron chi connectivity index (χ2n) is 2.94. The molecule has 1 N–H and O–H groups in total. The summed E-state index contributed by atoms with van der Waals surface area (Å²) in [6.45, 7) is 0.687. The number of rotatable bonds is 3. The zero-order valence-corrected chi connectivity index (χ0v) is 9.40. The van der Waals surface area contributed by atoms with Gasteiger partial charge in [-0.3, -0.25) is 0 Å². The van der Waals surface area contributed by atoms with E-state index in [0.29, 0.717) is 18.0 Å². The summed E-state index contributed by atoms with van der Waals surface area (Å²) >= 11 is 7.24. The molecule has 15 heavy (non-hydrogen) atoms. The zero-order valence-electron chi connectivity index (χ0n) is 7.83. The van der Waals surface area contributed by atoms with Gasteiger partial charge in [-0.05, 0) is 12.1 Å². The number of nitrogens with zero attached hydrogens (tertiary/aromatic N) is 2. The monoisotopic (exact) mass is 237 g/mol. The average molecular weight is 238 g/mol. The third-order valence-electron chi connectivity index (χ3n) is 1.95. The van der Waals surface area contributed by atoms with E-state index in [9.17, 15) is 0 Å². The van der Waals surface area contributed by atoms with Crippen LogP contribution in [0.4, 0.5) is 5.69 Å². The second-order valence-corrected chi connectivity index (χ2v) is 3.87. The molecule has 0 fully saturated rings. The van der Waals surface area contributed by atoms with E-state index in [-0.39, 0.29) is 0 Å². The molecule has 0 bridgehead atoms. The lowest BCUT2D eigenvalue weighted by Crippen LogP contribution is -2.01. The molecule has 0 amide bonds. The largest absolute Gasteiger partial charge is 0.381 e. The highest BCUT2D eigenvalue weighted by molar-refractivity contribution is 7.00. The fourth-order valence-corrected chi connectivity index (χ4v) is 2.02. The molecule has 0 saturated heterocycles. The molecule has 0 atom stereocenters. The van der Waals surface area contributed by atoms with E-state index in [1.165, 1.54) is 11.7 Å². The van der Waals surface area contributed by atoms with Crippen LogP contribution in [0, 0.1) is 12.3 Å². The van der Waals surface area contributed by atoms with E-state index in [4.69, 9.17) is 18.0 Å². The predicted molar refractivity (Wildman–Crippen MR) is 64.4 cm³/mol. The van der Waals surface area contributed by atoms with Gasteiger partial charge < -0.3 is 5.32 Å². The summed E-state index contributed by atoms with van der Waals surface area (Å²) in [4.78, 5) is 0. The van der Waals surface area contributed by atoms with E-state index in [1.54, 1.807) is 0 Å². The maximum atomic E-state index is 6.06. The summed E-state index contributed by atoms with van der Waals surface area (Å²) in [5.41, 5.74) is 2.48. The van der Waals surface area contributed by atoms with Crippen molar-refractivity contribution in [2.45, 2.75) is 6.42 Å². The summed E-state index contributed by atoms with van der Waals surface area (Å²) in [6, 6.07) is 3.66. The normalized spacial score (nSPS) is 10.1. The lowest BCUT2D eigenvalue weighted by Gasteiger charge is -2.06. The second kappa shape index (κ2) is 4.47. The van der Waals surface area contributed by atoms with E-state index in [1.807, 2.05) is 12.1 Å². The Bertz CT molecular complexity index is 515. The van der Waals surface area contributed by atoms with Crippen molar-refractivity contribution in [2.24, 2.45) is 0 Å². The van der Waals surface area contributed by atoms with E-state index in [2.05, 4.69) is 20.0 Å². The molecule has 3 nitrogen and oxygen atoms in total. The minimum Gasteiger partial charge on any atom is -0.381 e. The quantitative estimate of drug-likeness (QED) is 0.659. The summed E-state index contributed by atoms with van der Waals surface area (Å²) in [7, 11) is 0. The number of anilines is 1. The van der Waals surface area contributed by atoms with Crippen LogP contribution in [0.15, 0.2) is 12.1 Å². The van der Waals surface area contributed by atoms with Gasteiger partial charge in [-0.2, -0.15) is 8.75 Å². The van der Waals surface area contributed by atoms with Crippen LogP contribution < -0.4 is 5.32 Å². The smallest absolute Gasteiger partial charge is 0.129 e. The van der Waals surface area contributed by atoms with Crippen molar-refractivity contribution in [3.05, 3.63) is 17.2 Å². The Hall–Kier alpha value is -1.31. The summed E-state index contributed by atoms with van der Waals surface area (Å²) in [6.07, 6.45) is 5.83. The summed E-state index contributed by atoms with van der Waals surface area (Å²) in [5.74, 6) is 2.56. The van der Waals surface area contributed by atoms with E-state index < -0.39 is 0 Å². The zero-order chi connectivity index (χ0) is 10.7. The number of aromatic nitrogens is 2. The highest BCUT2D eigenvalue weighted by atomic mass is 35.5. The van der Waals surface area contributed by atoms with Gasteiger partial charge in [0.25, 0.3) is 0 Å². The number of nitrogens with one attached hydrogen (secondary N) is 1. The molecule has 0 aliphatic carbocycles. The van der Waals surface area contributed by atoms with Crippen LogP contribution in [-0.4, -0.2) is 15.3 Å². The highest BCUT2D eigenvalue weighted by Gasteiger charge is 2.08. The third kappa shape index (κ3) is 2.04. The molecule has 0 unspecified atom stereocenters. The molecule has 0 aliphatic heterocycles. The molecule has 1 heterocycles. The Labute approximate surface area is 96.8 Å². The Morgan fingerprint density at radius 3 is 3.13 bits per heavy atom. The number of fused-ring (bicyclic) bond motifs is 1. The minimum absolute atomic E-state index is 0.646. The number of halogens is 1. The molecule has 0 spiro atoms. The molecule has 2 aromatic rings. The topological polar surface area (TPSA) is 37.8 Å². The first-order valence-corrected chi connectivity index (χ1v) is 5.52. The molecule has 1 aromatic heterocycles. The molecule has 0 aliphatic rings. The Morgan fingerprint density at radius 1 is 1.47 bits per heavy atom. The standard InChI is InChI=1S/C10H8ClN3S/c1-2-3-6-12-9-7(11)4-5-8-10(9)14-15-13-8/h1,4-5,12H,3,6H2. The molecule has 2 rings (SSSR count). The van der Waals surface area contributed by atoms with Gasteiger partial charge in [0.2, 0.25) is 0 Å². The molecular weight excluding hydrogens is 230 g/mol. The Kier molecular flexibility index (Phi) is 3.05. The lowest BCUT2D eigenvalue weighted by molar-refractivity contribution is 1.10. The van der Waals surface area contributed by atoms with Gasteiger partial charge in [0.05, 0.1) is 22.4 Å². The van der Waals surface area contributed by atoms with Crippen LogP contribution >= 0.6 is 23.3 Å². The maximum absolute atomic E-state index is 6.06. The fraction of sp³-hybridized carbons (Fsp3) is 0.200. The first-order chi connectivity index (χ1) is 7.33. The molecule has 0 saturated carbocycles. The molecule has 1 aromatic carbocycles. The van der Waals surface area contributed by atoms with E-state index >= 15 is 0 Å². The summed E-state index contributed by atoms with van der Waals surface area (Å²) < 4.78 is 8.33. The van der Waals surface area contributed by atoms with Crippen molar-refractivity contribution >= 4 is 40.0 Å². The maximum Gasteiger partial charge on any atom is 0.129 e. The summed E-state index contributed by atoms with van der Waals surface area (Å²) in [5, 5.41) is 3.82. The van der Waals surface area contributed by atoms with Crippen molar-refractivity contribution in [3.63, 3.8) is 0 Å². The van der Waals surface area contributed by atoms with Crippen LogP contribution in [-0.2, 0) is 0 Å². The number of hydrogen-bond donors (Lipinski definition) is 1. The minimum atomic E-state index is 0.646. The third-order valence-corrected chi connectivity index (χ3v) is 2.81. The van der Waals surface area contributed by atoms with Gasteiger partial charge in [-0.1, -0.05) is 11.6 Å². The average Bonchev–Trinajstić information content (AvgIpc) is 2.69. The Morgan fingerprint density at radius 2 is 2.33 bits per heavy atom. The lowest BCUT2D eigenvalue weighted by atomic mass is 10.2. The number of hydrogen-bond acceptors (Lipinski definition) is 4. The SMILES string of the molecule is C#CCCNc1c(Cl)ccc2nsnc12. The van der Waals surface area contributed by atoms with Crippen molar-refractivity contribution in [3.8, 4) is 12.3 Å². The first-order valence-electron chi connectivity index (χ1n) is 4.41. The fourth-order valence-electron chi connectivity index (χ4n) is 1.25. The van der Waals surface area contributed by atoms with Gasteiger partial charge in [-0.15, -0.1) is 12.3 Å². The van der Waals surface area contributed by atoms with Crippen molar-refractivity contribution < 1.29 is 0 Å². The van der Waals surface area contributed by atoms with Gasteiger partial charge >= 0.3 is 0 Å². The van der Waals surface area contributed by atoms with Gasteiger partial charge in [-0.25, -0.2) is 0 Å². The van der Waals surface area contributed by atoms with Crippen LogP contribution in [0.25, 0.3) is 11.0 Å². The molecule has 76 valence electrons. The highest BCUT2D eigenvalue weighted by Crippen LogP contribution is 2.29. The molecular formula is C10H8ClN3S. The molecule has 5 heteroatoms. The van der Waals surface area contributed by atoms with Crippen LogP contribution in [0.5, 0.6) is 0 Å². The first kappa shape index (κ1) is 10.2. The van der Waals surface area contributed by atoms with Gasteiger partial charge in [0.1, 0.15) is 11.0 Å². The molecule has 0 radical (unpaired) electrons. The Balaban J connectivity index is 2.35. The number of terminal acetylenes is 1. The van der Waals surface area contributed by atoms with Crippen LogP contribution in [0.2, 0.25) is 5.02 Å². The predicted octanol–water partition coefficient (Wildman–Crippen LogP) is 2.78. The van der Waals surface area contributed by atoms with Crippen LogP contribution in [0.1, 0.15) is 6.42 Å². The van der Waals surface area contributed by atoms with Crippen molar-refractivity contribution in [1.29, 1.82) is 0 Å². The van der Waals surface area contributed by atoms with Crippen molar-refractivity contribution in [1.82, 2.24) is 8.75 Å². The number of benzene rings is 1. The van der Waals surface area contributed by atoms with Crippen LogP contribution in [0.3, 0.4) is 0 Å². The van der Waals surface area contributed by atoms with Gasteiger partial charge in [0.15, 0.2) is 0 Å².